The summed E-state index contributed by atoms with van der Waals surface area (Å²) in [5.41, 5.74) is 21.4. The number of hydrogen-bond donors (Lipinski definition) is 4. The fourth-order valence-electron chi connectivity index (χ4n) is 1.67. The molecule has 7 N–H and O–H groups in total. The molecular weight excluding hydrogens is 212 g/mol. The number of nitrogens with one attached hydrogen (secondary N) is 1. The van der Waals surface area contributed by atoms with Gasteiger partial charge >= 0.3 is 0 Å². The third kappa shape index (κ3) is 2.49. The molecule has 2 aromatic carbocycles. The van der Waals surface area contributed by atoms with Gasteiger partial charge in [0.1, 0.15) is 0 Å². The Labute approximate surface area is 100 Å². The van der Waals surface area contributed by atoms with Crippen molar-refractivity contribution in [3.05, 3.63) is 48.0 Å². The van der Waals surface area contributed by atoms with Crippen molar-refractivity contribution < 1.29 is 0 Å². The van der Waals surface area contributed by atoms with Crippen molar-refractivity contribution in [1.82, 2.24) is 0 Å². The van der Waals surface area contributed by atoms with Crippen LogP contribution in [0.2, 0.25) is 0 Å². The maximum Gasteiger partial charge on any atom is 0.0450 e. The molecule has 0 spiro atoms. The monoisotopic (exact) mass is 228 g/mol. The highest BCUT2D eigenvalue weighted by Gasteiger charge is 2.04. The van der Waals surface area contributed by atoms with Crippen LogP contribution < -0.4 is 22.5 Å². The normalized spacial score (nSPS) is 10.2. The second kappa shape index (κ2) is 4.76. The number of nitrogens with two attached hydrogens (primary N) is 3. The van der Waals surface area contributed by atoms with Crippen LogP contribution in [0.1, 0.15) is 5.56 Å². The number of benzene rings is 2. The smallest absolute Gasteiger partial charge is 0.0450 e. The molecule has 88 valence electrons. The molecule has 2 rings (SSSR count). The van der Waals surface area contributed by atoms with Gasteiger partial charge in [-0.1, -0.05) is 6.07 Å². The van der Waals surface area contributed by atoms with E-state index < -0.39 is 0 Å². The SMILES string of the molecule is NCc1c(N)cccc1Nc1ccc(N)cc1. The van der Waals surface area contributed by atoms with Gasteiger partial charge < -0.3 is 22.5 Å². The first-order valence-corrected chi connectivity index (χ1v) is 5.40. The van der Waals surface area contributed by atoms with Crippen LogP contribution in [0.4, 0.5) is 22.7 Å². The number of nitrogen functional groups attached to an aromatic ring is 2. The summed E-state index contributed by atoms with van der Waals surface area (Å²) in [6, 6.07) is 13.2. The summed E-state index contributed by atoms with van der Waals surface area (Å²) in [7, 11) is 0. The lowest BCUT2D eigenvalue weighted by atomic mass is 10.1. The molecular formula is C13H16N4. The Bertz CT molecular complexity index is 505. The van der Waals surface area contributed by atoms with E-state index in [4.69, 9.17) is 17.2 Å². The minimum atomic E-state index is 0.407. The van der Waals surface area contributed by atoms with Crippen molar-refractivity contribution in [2.45, 2.75) is 6.54 Å². The van der Waals surface area contributed by atoms with Gasteiger partial charge in [0.15, 0.2) is 0 Å². The molecule has 17 heavy (non-hydrogen) atoms. The summed E-state index contributed by atoms with van der Waals surface area (Å²) < 4.78 is 0. The van der Waals surface area contributed by atoms with Crippen LogP contribution in [0.5, 0.6) is 0 Å². The summed E-state index contributed by atoms with van der Waals surface area (Å²) in [6.45, 7) is 0.407. The first-order valence-electron chi connectivity index (χ1n) is 5.40. The topological polar surface area (TPSA) is 90.1 Å². The zero-order valence-electron chi connectivity index (χ0n) is 9.48. The van der Waals surface area contributed by atoms with Gasteiger partial charge in [0.25, 0.3) is 0 Å². The summed E-state index contributed by atoms with van der Waals surface area (Å²) in [6.07, 6.45) is 0. The number of hydrogen-bond acceptors (Lipinski definition) is 4. The van der Waals surface area contributed by atoms with E-state index in [1.54, 1.807) is 0 Å². The molecule has 2 aromatic rings. The molecule has 0 saturated carbocycles. The van der Waals surface area contributed by atoms with Crippen LogP contribution in [-0.2, 0) is 6.54 Å². The van der Waals surface area contributed by atoms with Crippen molar-refractivity contribution in [1.29, 1.82) is 0 Å². The highest BCUT2D eigenvalue weighted by molar-refractivity contribution is 5.70. The average Bonchev–Trinajstić information content (AvgIpc) is 2.32. The lowest BCUT2D eigenvalue weighted by molar-refractivity contribution is 1.08. The standard InChI is InChI=1S/C13H16N4/c14-8-11-12(16)2-1-3-13(11)17-10-6-4-9(15)5-7-10/h1-7,17H,8,14-16H2. The molecule has 0 heterocycles. The molecule has 0 fully saturated rings. The Kier molecular flexibility index (Phi) is 3.16. The van der Waals surface area contributed by atoms with E-state index in [0.29, 0.717) is 12.2 Å². The van der Waals surface area contributed by atoms with Crippen LogP contribution >= 0.6 is 0 Å². The van der Waals surface area contributed by atoms with Crippen LogP contribution in [-0.4, -0.2) is 0 Å². The molecule has 0 saturated heterocycles. The van der Waals surface area contributed by atoms with Crippen molar-refractivity contribution in [3.63, 3.8) is 0 Å². The van der Waals surface area contributed by atoms with Crippen molar-refractivity contribution in [2.75, 3.05) is 16.8 Å². The highest BCUT2D eigenvalue weighted by Crippen LogP contribution is 2.25. The maximum atomic E-state index is 5.87. The first-order chi connectivity index (χ1) is 8.20. The second-order valence-corrected chi connectivity index (χ2v) is 3.82. The lowest BCUT2D eigenvalue weighted by Gasteiger charge is -2.13. The molecule has 0 aromatic heterocycles. The van der Waals surface area contributed by atoms with Crippen molar-refractivity contribution in [3.8, 4) is 0 Å². The van der Waals surface area contributed by atoms with Crippen LogP contribution in [0.3, 0.4) is 0 Å². The minimum absolute atomic E-state index is 0.407. The Morgan fingerprint density at radius 2 is 1.65 bits per heavy atom. The molecule has 4 nitrogen and oxygen atoms in total. The van der Waals surface area contributed by atoms with E-state index in [1.807, 2.05) is 42.5 Å². The Balaban J connectivity index is 2.29. The van der Waals surface area contributed by atoms with Gasteiger partial charge in [0, 0.05) is 34.9 Å². The molecule has 0 amide bonds. The summed E-state index contributed by atoms with van der Waals surface area (Å²) >= 11 is 0. The Hall–Kier alpha value is -2.20. The third-order valence-electron chi connectivity index (χ3n) is 2.61. The Morgan fingerprint density at radius 3 is 2.29 bits per heavy atom. The van der Waals surface area contributed by atoms with E-state index in [1.165, 1.54) is 0 Å². The highest BCUT2D eigenvalue weighted by atomic mass is 14.9. The van der Waals surface area contributed by atoms with Crippen LogP contribution in [0, 0.1) is 0 Å². The van der Waals surface area contributed by atoms with Crippen molar-refractivity contribution >= 4 is 22.7 Å². The van der Waals surface area contributed by atoms with Gasteiger partial charge in [-0.2, -0.15) is 0 Å². The summed E-state index contributed by atoms with van der Waals surface area (Å²) in [4.78, 5) is 0. The summed E-state index contributed by atoms with van der Waals surface area (Å²) in [5, 5.41) is 3.28. The van der Waals surface area contributed by atoms with Gasteiger partial charge in [0.05, 0.1) is 0 Å². The molecule has 0 radical (unpaired) electrons. The molecule has 0 aliphatic rings. The Morgan fingerprint density at radius 1 is 0.941 bits per heavy atom. The molecule has 0 atom stereocenters. The van der Waals surface area contributed by atoms with E-state index in [0.717, 1.165) is 22.6 Å². The van der Waals surface area contributed by atoms with Gasteiger partial charge in [-0.3, -0.25) is 0 Å². The van der Waals surface area contributed by atoms with E-state index in [-0.39, 0.29) is 0 Å². The maximum absolute atomic E-state index is 5.87. The lowest BCUT2D eigenvalue weighted by Crippen LogP contribution is -2.05. The van der Waals surface area contributed by atoms with Gasteiger partial charge in [-0.15, -0.1) is 0 Å². The predicted molar refractivity (Wildman–Crippen MR) is 72.9 cm³/mol. The number of anilines is 4. The van der Waals surface area contributed by atoms with Crippen LogP contribution in [0.15, 0.2) is 42.5 Å². The molecule has 4 heteroatoms. The molecule has 0 unspecified atom stereocenters. The minimum Gasteiger partial charge on any atom is -0.399 e. The zero-order valence-corrected chi connectivity index (χ0v) is 9.48. The van der Waals surface area contributed by atoms with Gasteiger partial charge in [0.2, 0.25) is 0 Å². The zero-order chi connectivity index (χ0) is 12.3. The predicted octanol–water partition coefficient (Wildman–Crippen LogP) is 2.05. The van der Waals surface area contributed by atoms with E-state index in [2.05, 4.69) is 5.32 Å². The largest absolute Gasteiger partial charge is 0.399 e. The molecule has 0 aliphatic carbocycles. The van der Waals surface area contributed by atoms with Crippen molar-refractivity contribution in [2.24, 2.45) is 5.73 Å². The summed E-state index contributed by atoms with van der Waals surface area (Å²) in [5.74, 6) is 0. The molecule has 0 aliphatic heterocycles. The fourth-order valence-corrected chi connectivity index (χ4v) is 1.67. The van der Waals surface area contributed by atoms with Gasteiger partial charge in [-0.25, -0.2) is 0 Å². The molecule has 0 bridgehead atoms. The second-order valence-electron chi connectivity index (χ2n) is 3.82. The quantitative estimate of drug-likeness (QED) is 0.605. The number of rotatable bonds is 3. The van der Waals surface area contributed by atoms with E-state index >= 15 is 0 Å². The van der Waals surface area contributed by atoms with Gasteiger partial charge in [-0.05, 0) is 36.4 Å². The van der Waals surface area contributed by atoms with E-state index in [9.17, 15) is 0 Å². The average molecular weight is 228 g/mol. The van der Waals surface area contributed by atoms with Crippen LogP contribution in [0.25, 0.3) is 0 Å². The first kappa shape index (κ1) is 11.3. The third-order valence-corrected chi connectivity index (χ3v) is 2.61. The fraction of sp³-hybridized carbons (Fsp3) is 0.0769.